The minimum absolute atomic E-state index is 0.314. The molecule has 1 amide bonds. The van der Waals surface area contributed by atoms with E-state index in [9.17, 15) is 4.79 Å². The second-order valence-corrected chi connectivity index (χ2v) is 8.53. The van der Waals surface area contributed by atoms with Crippen molar-refractivity contribution < 1.29 is 9.90 Å². The highest BCUT2D eigenvalue weighted by atomic mass is 35.5. The zero-order valence-corrected chi connectivity index (χ0v) is 18.5. The van der Waals surface area contributed by atoms with Crippen LogP contribution in [0.2, 0.25) is 5.02 Å². The smallest absolute Gasteiger partial charge is 0.245 e. The minimum atomic E-state index is -0.456. The summed E-state index contributed by atoms with van der Waals surface area (Å²) in [5.74, 6) is 0.590. The van der Waals surface area contributed by atoms with Crippen LogP contribution in [-0.2, 0) is 11.2 Å². The lowest BCUT2D eigenvalue weighted by Crippen LogP contribution is -2.34. The maximum atomic E-state index is 11.4. The van der Waals surface area contributed by atoms with Crippen molar-refractivity contribution in [2.75, 3.05) is 26.2 Å². The third-order valence-corrected chi connectivity index (χ3v) is 6.45. The Morgan fingerprint density at radius 3 is 2.87 bits per heavy atom. The van der Waals surface area contributed by atoms with Gasteiger partial charge in [0.1, 0.15) is 6.61 Å². The Morgan fingerprint density at radius 1 is 1.30 bits per heavy atom. The molecule has 0 spiro atoms. The number of aliphatic hydroxyl groups is 1. The summed E-state index contributed by atoms with van der Waals surface area (Å²) in [6, 6.07) is 14.9. The zero-order valence-electron chi connectivity index (χ0n) is 17.8. The summed E-state index contributed by atoms with van der Waals surface area (Å²) in [7, 11) is 0. The van der Waals surface area contributed by atoms with Crippen LogP contribution < -0.4 is 10.6 Å². The maximum Gasteiger partial charge on any atom is 0.245 e. The Labute approximate surface area is 185 Å². The second kappa shape index (κ2) is 11.5. The molecule has 1 heterocycles. The number of amides is 1. The molecule has 5 heteroatoms. The lowest BCUT2D eigenvalue weighted by molar-refractivity contribution is -0.123. The standard InChI is InChI=1S/C25H33ClN2O2/c1-2-18-7-3-8-19(15-18)25-22(10-4-12-23(25)26)21(20-9-5-13-27-16-20)11-6-14-28-24(30)17-29/h3-4,7-8,10,12,15,20-21,27,29H,2,5-6,9,11,13-14,16-17H2,1H3,(H,28,30). The molecule has 1 aliphatic rings. The number of benzene rings is 2. The van der Waals surface area contributed by atoms with E-state index in [1.54, 1.807) is 0 Å². The van der Waals surface area contributed by atoms with Crippen LogP contribution >= 0.6 is 11.6 Å². The molecular formula is C25H33ClN2O2. The highest BCUT2D eigenvalue weighted by Crippen LogP contribution is 2.42. The number of carbonyl (C=O) groups excluding carboxylic acids is 1. The van der Waals surface area contributed by atoms with Crippen LogP contribution in [0.3, 0.4) is 0 Å². The van der Waals surface area contributed by atoms with Crippen LogP contribution in [0.15, 0.2) is 42.5 Å². The average molecular weight is 429 g/mol. The average Bonchev–Trinajstić information content (AvgIpc) is 2.79. The number of hydrogen-bond acceptors (Lipinski definition) is 3. The molecule has 30 heavy (non-hydrogen) atoms. The van der Waals surface area contributed by atoms with E-state index < -0.39 is 6.61 Å². The van der Waals surface area contributed by atoms with Gasteiger partial charge in [0, 0.05) is 17.1 Å². The number of hydrogen-bond donors (Lipinski definition) is 3. The van der Waals surface area contributed by atoms with Crippen molar-refractivity contribution in [3.8, 4) is 11.1 Å². The normalized spacial score (nSPS) is 17.5. The van der Waals surface area contributed by atoms with E-state index in [0.29, 0.717) is 18.4 Å². The first-order valence-corrected chi connectivity index (χ1v) is 11.5. The summed E-state index contributed by atoms with van der Waals surface area (Å²) in [5.41, 5.74) is 4.93. The molecule has 2 aromatic rings. The fourth-order valence-electron chi connectivity index (χ4n) is 4.57. The Bertz CT molecular complexity index is 834. The predicted octanol–water partition coefficient (Wildman–Crippen LogP) is 4.54. The van der Waals surface area contributed by atoms with E-state index in [2.05, 4.69) is 54.0 Å². The van der Waals surface area contributed by atoms with Gasteiger partial charge < -0.3 is 15.7 Å². The van der Waals surface area contributed by atoms with Crippen LogP contribution in [0.4, 0.5) is 0 Å². The van der Waals surface area contributed by atoms with Gasteiger partial charge in [0.05, 0.1) is 0 Å². The SMILES string of the molecule is CCc1cccc(-c2c(Cl)cccc2C(CCCNC(=O)CO)C2CCCNC2)c1. The van der Waals surface area contributed by atoms with Crippen molar-refractivity contribution in [3.63, 3.8) is 0 Å². The van der Waals surface area contributed by atoms with Gasteiger partial charge in [0.25, 0.3) is 0 Å². The summed E-state index contributed by atoms with van der Waals surface area (Å²) >= 11 is 6.76. The Kier molecular flexibility index (Phi) is 8.74. The van der Waals surface area contributed by atoms with E-state index in [0.717, 1.165) is 42.9 Å². The first-order chi connectivity index (χ1) is 14.6. The number of nitrogens with one attached hydrogen (secondary N) is 2. The van der Waals surface area contributed by atoms with E-state index in [1.165, 1.54) is 29.5 Å². The molecule has 3 N–H and O–H groups in total. The van der Waals surface area contributed by atoms with Crippen LogP contribution in [-0.4, -0.2) is 37.3 Å². The molecule has 2 aromatic carbocycles. The monoisotopic (exact) mass is 428 g/mol. The van der Waals surface area contributed by atoms with Gasteiger partial charge in [0.15, 0.2) is 0 Å². The van der Waals surface area contributed by atoms with Gasteiger partial charge >= 0.3 is 0 Å². The number of piperidine rings is 1. The molecule has 0 aliphatic carbocycles. The van der Waals surface area contributed by atoms with Crippen LogP contribution in [0, 0.1) is 5.92 Å². The fraction of sp³-hybridized carbons (Fsp3) is 0.480. The van der Waals surface area contributed by atoms with Gasteiger partial charge in [-0.1, -0.05) is 54.9 Å². The first-order valence-electron chi connectivity index (χ1n) is 11.1. The van der Waals surface area contributed by atoms with Crippen LogP contribution in [0.5, 0.6) is 0 Å². The van der Waals surface area contributed by atoms with E-state index in [-0.39, 0.29) is 5.91 Å². The van der Waals surface area contributed by atoms with Crippen molar-refractivity contribution in [3.05, 3.63) is 58.6 Å². The Balaban J connectivity index is 1.91. The van der Waals surface area contributed by atoms with Gasteiger partial charge in [-0.25, -0.2) is 0 Å². The summed E-state index contributed by atoms with van der Waals surface area (Å²) in [5, 5.41) is 16.1. The van der Waals surface area contributed by atoms with E-state index >= 15 is 0 Å². The lowest BCUT2D eigenvalue weighted by atomic mass is 9.76. The minimum Gasteiger partial charge on any atom is -0.387 e. The first kappa shape index (κ1) is 22.8. The molecule has 0 aromatic heterocycles. The highest BCUT2D eigenvalue weighted by Gasteiger charge is 2.27. The quantitative estimate of drug-likeness (QED) is 0.514. The van der Waals surface area contributed by atoms with Gasteiger partial charge in [0.2, 0.25) is 5.91 Å². The number of carbonyl (C=O) groups is 1. The molecule has 0 radical (unpaired) electrons. The molecule has 1 saturated heterocycles. The van der Waals surface area contributed by atoms with Crippen LogP contribution in [0.1, 0.15) is 49.7 Å². The van der Waals surface area contributed by atoms with Gasteiger partial charge in [-0.05, 0) is 79.8 Å². The number of rotatable bonds is 9. The summed E-state index contributed by atoms with van der Waals surface area (Å²) in [6.45, 7) is 4.38. The number of aliphatic hydroxyl groups excluding tert-OH is 1. The zero-order chi connectivity index (χ0) is 21.3. The second-order valence-electron chi connectivity index (χ2n) is 8.12. The number of aryl methyl sites for hydroxylation is 1. The third kappa shape index (κ3) is 5.84. The largest absolute Gasteiger partial charge is 0.387 e. The lowest BCUT2D eigenvalue weighted by Gasteiger charge is -2.33. The molecule has 0 saturated carbocycles. The molecule has 2 unspecified atom stereocenters. The summed E-state index contributed by atoms with van der Waals surface area (Å²) < 4.78 is 0. The molecule has 2 atom stereocenters. The van der Waals surface area contributed by atoms with Crippen molar-refractivity contribution in [2.24, 2.45) is 5.92 Å². The predicted molar refractivity (Wildman–Crippen MR) is 124 cm³/mol. The topological polar surface area (TPSA) is 61.4 Å². The highest BCUT2D eigenvalue weighted by molar-refractivity contribution is 6.33. The van der Waals surface area contributed by atoms with Crippen LogP contribution in [0.25, 0.3) is 11.1 Å². The van der Waals surface area contributed by atoms with Crippen molar-refractivity contribution >= 4 is 17.5 Å². The van der Waals surface area contributed by atoms with Gasteiger partial charge in [-0.3, -0.25) is 4.79 Å². The molecule has 1 aliphatic heterocycles. The molecule has 0 bridgehead atoms. The van der Waals surface area contributed by atoms with Gasteiger partial charge in [-0.15, -0.1) is 0 Å². The molecular weight excluding hydrogens is 396 g/mol. The Hall–Kier alpha value is -1.88. The number of halogens is 1. The Morgan fingerprint density at radius 2 is 2.13 bits per heavy atom. The molecule has 3 rings (SSSR count). The third-order valence-electron chi connectivity index (χ3n) is 6.13. The fourth-order valence-corrected chi connectivity index (χ4v) is 4.87. The van der Waals surface area contributed by atoms with E-state index in [1.807, 2.05) is 6.07 Å². The molecule has 162 valence electrons. The summed E-state index contributed by atoms with van der Waals surface area (Å²) in [4.78, 5) is 11.4. The molecule has 1 fully saturated rings. The van der Waals surface area contributed by atoms with E-state index in [4.69, 9.17) is 16.7 Å². The van der Waals surface area contributed by atoms with Crippen molar-refractivity contribution in [2.45, 2.75) is 44.9 Å². The maximum absolute atomic E-state index is 11.4. The van der Waals surface area contributed by atoms with Crippen molar-refractivity contribution in [1.82, 2.24) is 10.6 Å². The van der Waals surface area contributed by atoms with Crippen molar-refractivity contribution in [1.29, 1.82) is 0 Å². The van der Waals surface area contributed by atoms with Gasteiger partial charge in [-0.2, -0.15) is 0 Å². The summed E-state index contributed by atoms with van der Waals surface area (Å²) in [6.07, 6.45) is 5.21. The molecule has 4 nitrogen and oxygen atoms in total.